The van der Waals surface area contributed by atoms with Crippen LogP contribution in [0.15, 0.2) is 77.7 Å². The van der Waals surface area contributed by atoms with Gasteiger partial charge in [-0.1, -0.05) is 44.2 Å². The van der Waals surface area contributed by atoms with Gasteiger partial charge < -0.3 is 19.1 Å². The Kier molecular flexibility index (Phi) is 9.26. The number of ether oxygens (including phenoxy) is 1. The zero-order chi connectivity index (χ0) is 27.9. The lowest BCUT2D eigenvalue weighted by molar-refractivity contribution is -0.137. The highest BCUT2D eigenvalue weighted by atomic mass is 32.2. The Hall–Kier alpha value is -3.73. The smallest absolute Gasteiger partial charge is 0.416 e. The summed E-state index contributed by atoms with van der Waals surface area (Å²) in [6.45, 7) is 6.70. The normalized spacial score (nSPS) is 11.8. The Morgan fingerprint density at radius 3 is 2.39 bits per heavy atom. The Labute approximate surface area is 220 Å². The monoisotopic (exact) mass is 550 g/mol. The van der Waals surface area contributed by atoms with Gasteiger partial charge in [-0.25, -0.2) is 4.79 Å². The van der Waals surface area contributed by atoms with Crippen LogP contribution in [-0.2, 0) is 22.8 Å². The second-order valence-electron chi connectivity index (χ2n) is 8.84. The van der Waals surface area contributed by atoms with E-state index in [1.165, 1.54) is 12.1 Å². The number of anilines is 1. The number of hydrogen-bond donors (Lipinski definition) is 1. The van der Waals surface area contributed by atoms with E-state index in [4.69, 9.17) is 8.92 Å². The van der Waals surface area contributed by atoms with Crippen molar-refractivity contribution in [3.63, 3.8) is 0 Å². The number of urea groups is 1. The third-order valence-corrected chi connectivity index (χ3v) is 6.47. The van der Waals surface area contributed by atoms with Crippen LogP contribution in [0.25, 0.3) is 0 Å². The summed E-state index contributed by atoms with van der Waals surface area (Å²) in [6, 6.07) is 16.0. The topological polar surface area (TPSA) is 84.9 Å². The molecule has 0 saturated heterocycles. The maximum atomic E-state index is 13.2. The second-order valence-corrected chi connectivity index (χ2v) is 10.4. The van der Waals surface area contributed by atoms with E-state index < -0.39 is 26.8 Å². The molecule has 3 aromatic rings. The molecule has 0 saturated carbocycles. The summed E-state index contributed by atoms with van der Waals surface area (Å²) in [5.74, 6) is 0.568. The van der Waals surface area contributed by atoms with Gasteiger partial charge in [0.1, 0.15) is 16.4 Å². The molecule has 2 amide bonds. The largest absolute Gasteiger partial charge is 0.492 e. The van der Waals surface area contributed by atoms with Crippen molar-refractivity contribution < 1.29 is 35.3 Å². The summed E-state index contributed by atoms with van der Waals surface area (Å²) in [7, 11) is -4.53. The van der Waals surface area contributed by atoms with E-state index in [0.717, 1.165) is 18.2 Å². The standard InChI is InChI=1S/C27H29F3N2O5S/c1-4-36-25-14-6-5-13-24(25)31-26(33)32(17-19(2)3)18-20-9-7-11-22(15-20)37-38(34,35)23-12-8-10-21(16-23)27(28,29)30/h5-16,19H,4,17-18H2,1-3H3,(H,31,33). The SMILES string of the molecule is CCOc1ccccc1NC(=O)N(Cc1cccc(OS(=O)(=O)c2cccc(C(F)(F)F)c2)c1)CC(C)C. The van der Waals surface area contributed by atoms with Crippen molar-refractivity contribution in [2.24, 2.45) is 5.92 Å². The van der Waals surface area contributed by atoms with Crippen LogP contribution in [0, 0.1) is 5.92 Å². The minimum atomic E-state index is -4.70. The molecule has 0 radical (unpaired) electrons. The van der Waals surface area contributed by atoms with Crippen molar-refractivity contribution in [2.75, 3.05) is 18.5 Å². The number of nitrogens with one attached hydrogen (secondary N) is 1. The highest BCUT2D eigenvalue weighted by Gasteiger charge is 2.32. The van der Waals surface area contributed by atoms with Gasteiger partial charge in [0.15, 0.2) is 0 Å². The first-order chi connectivity index (χ1) is 17.9. The fraction of sp³-hybridized carbons (Fsp3) is 0.296. The van der Waals surface area contributed by atoms with E-state index >= 15 is 0 Å². The Morgan fingerprint density at radius 2 is 1.71 bits per heavy atom. The first kappa shape index (κ1) is 28.8. The number of para-hydroxylation sites is 2. The first-order valence-corrected chi connectivity index (χ1v) is 13.3. The molecule has 0 aliphatic heterocycles. The molecule has 3 aromatic carbocycles. The van der Waals surface area contributed by atoms with Crippen molar-refractivity contribution in [3.8, 4) is 11.5 Å². The molecule has 0 unspecified atom stereocenters. The van der Waals surface area contributed by atoms with Gasteiger partial charge in [0.2, 0.25) is 0 Å². The van der Waals surface area contributed by atoms with E-state index in [1.54, 1.807) is 41.3 Å². The van der Waals surface area contributed by atoms with Crippen LogP contribution in [0.3, 0.4) is 0 Å². The minimum absolute atomic E-state index is 0.0912. The molecule has 0 aliphatic carbocycles. The summed E-state index contributed by atoms with van der Waals surface area (Å²) < 4.78 is 75.2. The lowest BCUT2D eigenvalue weighted by Crippen LogP contribution is -2.37. The van der Waals surface area contributed by atoms with Crippen LogP contribution in [-0.4, -0.2) is 32.5 Å². The molecule has 0 fully saturated rings. The minimum Gasteiger partial charge on any atom is -0.492 e. The van der Waals surface area contributed by atoms with Crippen molar-refractivity contribution >= 4 is 21.8 Å². The van der Waals surface area contributed by atoms with Crippen LogP contribution in [0.4, 0.5) is 23.7 Å². The maximum absolute atomic E-state index is 13.2. The highest BCUT2D eigenvalue weighted by molar-refractivity contribution is 7.87. The molecule has 7 nitrogen and oxygen atoms in total. The Bertz CT molecular complexity index is 1360. The summed E-state index contributed by atoms with van der Waals surface area (Å²) in [5.41, 5.74) is -0.0230. The molecule has 0 spiro atoms. The molecule has 204 valence electrons. The molecule has 0 atom stereocenters. The summed E-state index contributed by atoms with van der Waals surface area (Å²) in [4.78, 5) is 14.1. The van der Waals surface area contributed by atoms with Crippen LogP contribution in [0.5, 0.6) is 11.5 Å². The number of alkyl halides is 3. The lowest BCUT2D eigenvalue weighted by atomic mass is 10.1. The van der Waals surface area contributed by atoms with Crippen LogP contribution in [0.2, 0.25) is 0 Å². The van der Waals surface area contributed by atoms with Gasteiger partial charge in [0.25, 0.3) is 0 Å². The number of amides is 2. The molecule has 0 aliphatic rings. The zero-order valence-electron chi connectivity index (χ0n) is 21.2. The highest BCUT2D eigenvalue weighted by Crippen LogP contribution is 2.31. The van der Waals surface area contributed by atoms with Crippen molar-refractivity contribution in [1.82, 2.24) is 4.90 Å². The van der Waals surface area contributed by atoms with Gasteiger partial charge in [-0.05, 0) is 60.9 Å². The van der Waals surface area contributed by atoms with Crippen molar-refractivity contribution in [3.05, 3.63) is 83.9 Å². The number of carbonyl (C=O) groups is 1. The molecule has 0 aromatic heterocycles. The predicted molar refractivity (Wildman–Crippen MR) is 138 cm³/mol. The van der Waals surface area contributed by atoms with Gasteiger partial charge in [-0.15, -0.1) is 0 Å². The Morgan fingerprint density at radius 1 is 1.00 bits per heavy atom. The van der Waals surface area contributed by atoms with Gasteiger partial charge in [0, 0.05) is 13.1 Å². The number of halogens is 3. The summed E-state index contributed by atoms with van der Waals surface area (Å²) in [5, 5.41) is 2.86. The van der Waals surface area contributed by atoms with E-state index in [1.807, 2.05) is 20.8 Å². The fourth-order valence-electron chi connectivity index (χ4n) is 3.62. The van der Waals surface area contributed by atoms with Gasteiger partial charge in [-0.3, -0.25) is 0 Å². The summed E-state index contributed by atoms with van der Waals surface area (Å²) in [6.07, 6.45) is -4.70. The van der Waals surface area contributed by atoms with Crippen molar-refractivity contribution in [1.29, 1.82) is 0 Å². The third-order valence-electron chi connectivity index (χ3n) is 5.23. The number of nitrogens with zero attached hydrogens (tertiary/aromatic N) is 1. The molecule has 3 rings (SSSR count). The molecular weight excluding hydrogens is 521 g/mol. The van der Waals surface area contributed by atoms with E-state index in [0.29, 0.717) is 36.2 Å². The molecule has 11 heteroatoms. The molecular formula is C27H29F3N2O5S. The van der Waals surface area contributed by atoms with Crippen LogP contribution >= 0.6 is 0 Å². The average molecular weight is 551 g/mol. The number of carbonyl (C=O) groups excluding carboxylic acids is 1. The molecule has 38 heavy (non-hydrogen) atoms. The quantitative estimate of drug-likeness (QED) is 0.289. The number of rotatable bonds is 10. The summed E-state index contributed by atoms with van der Waals surface area (Å²) >= 11 is 0. The molecule has 0 bridgehead atoms. The van der Waals surface area contributed by atoms with E-state index in [9.17, 15) is 26.4 Å². The van der Waals surface area contributed by atoms with E-state index in [-0.39, 0.29) is 24.2 Å². The zero-order valence-corrected chi connectivity index (χ0v) is 22.0. The van der Waals surface area contributed by atoms with Gasteiger partial charge in [0.05, 0.1) is 17.9 Å². The lowest BCUT2D eigenvalue weighted by Gasteiger charge is -2.25. The first-order valence-electron chi connectivity index (χ1n) is 11.9. The van der Waals surface area contributed by atoms with Crippen LogP contribution in [0.1, 0.15) is 31.9 Å². The fourth-order valence-corrected chi connectivity index (χ4v) is 4.59. The van der Waals surface area contributed by atoms with Crippen LogP contribution < -0.4 is 14.2 Å². The molecule has 0 heterocycles. The maximum Gasteiger partial charge on any atom is 0.416 e. The average Bonchev–Trinajstić information content (AvgIpc) is 2.84. The van der Waals surface area contributed by atoms with Gasteiger partial charge in [-0.2, -0.15) is 21.6 Å². The third kappa shape index (κ3) is 7.88. The van der Waals surface area contributed by atoms with Crippen molar-refractivity contribution in [2.45, 2.75) is 38.4 Å². The number of hydrogen-bond acceptors (Lipinski definition) is 5. The Balaban J connectivity index is 1.80. The molecule has 1 N–H and O–H groups in total. The van der Waals surface area contributed by atoms with Gasteiger partial charge >= 0.3 is 22.3 Å². The predicted octanol–water partition coefficient (Wildman–Crippen LogP) is 6.56. The second kappa shape index (κ2) is 12.2. The van der Waals surface area contributed by atoms with E-state index in [2.05, 4.69) is 5.32 Å². The number of benzene rings is 3.